The topological polar surface area (TPSA) is 0 Å². The first-order valence-corrected chi connectivity index (χ1v) is 12.3. The first-order valence-electron chi connectivity index (χ1n) is 8.94. The lowest BCUT2D eigenvalue weighted by Crippen LogP contribution is -1.77. The minimum absolute atomic E-state index is 0.250. The molecular formula is C24H16F2S4. The fourth-order valence-corrected chi connectivity index (χ4v) is 7.12. The molecule has 0 aliphatic heterocycles. The van der Waals surface area contributed by atoms with Crippen LogP contribution in [0.2, 0.25) is 0 Å². The Hall–Kier alpha value is -2.12. The van der Waals surface area contributed by atoms with Crippen LogP contribution < -0.4 is 0 Å². The summed E-state index contributed by atoms with van der Waals surface area (Å²) >= 11 is 6.51. The second-order valence-electron chi connectivity index (χ2n) is 6.21. The van der Waals surface area contributed by atoms with E-state index < -0.39 is 0 Å². The maximum absolute atomic E-state index is 13.4. The molecule has 2 aromatic heterocycles. The van der Waals surface area contributed by atoms with Crippen molar-refractivity contribution in [3.8, 4) is 32.0 Å². The van der Waals surface area contributed by atoms with Crippen LogP contribution in [0.3, 0.4) is 0 Å². The summed E-state index contributed by atoms with van der Waals surface area (Å²) in [6, 6.07) is 17.4. The lowest BCUT2D eigenvalue weighted by atomic mass is 10.1. The third kappa shape index (κ3) is 4.47. The highest BCUT2D eigenvalue weighted by molar-refractivity contribution is 8.04. The molecule has 0 amide bonds. The van der Waals surface area contributed by atoms with E-state index in [1.54, 1.807) is 81.3 Å². The minimum atomic E-state index is -0.250. The van der Waals surface area contributed by atoms with Gasteiger partial charge in [-0.3, -0.25) is 0 Å². The van der Waals surface area contributed by atoms with Crippen LogP contribution >= 0.6 is 46.2 Å². The van der Waals surface area contributed by atoms with Crippen molar-refractivity contribution in [1.82, 2.24) is 0 Å². The van der Waals surface area contributed by atoms with Crippen LogP contribution in [-0.2, 0) is 0 Å². The molecule has 0 spiro atoms. The first-order chi connectivity index (χ1) is 14.6. The predicted molar refractivity (Wildman–Crippen MR) is 131 cm³/mol. The predicted octanol–water partition coefficient (Wildman–Crippen LogP) is 9.56. The van der Waals surface area contributed by atoms with Gasteiger partial charge in [-0.25, -0.2) is 8.78 Å². The van der Waals surface area contributed by atoms with Crippen molar-refractivity contribution in [3.05, 3.63) is 96.3 Å². The van der Waals surface area contributed by atoms with Gasteiger partial charge < -0.3 is 0 Å². The Morgan fingerprint density at radius 3 is 1.33 bits per heavy atom. The largest absolute Gasteiger partial charge is 0.207 e. The molecule has 30 heavy (non-hydrogen) atoms. The van der Waals surface area contributed by atoms with Gasteiger partial charge in [0, 0.05) is 20.9 Å². The number of thiophene rings is 2. The molecule has 0 unspecified atom stereocenters. The molecule has 0 radical (unpaired) electrons. The van der Waals surface area contributed by atoms with Gasteiger partial charge in [0.05, 0.1) is 8.42 Å². The van der Waals surface area contributed by atoms with Gasteiger partial charge in [0.2, 0.25) is 0 Å². The average molecular weight is 471 g/mol. The van der Waals surface area contributed by atoms with Crippen LogP contribution in [0.1, 0.15) is 0 Å². The molecule has 0 aliphatic carbocycles. The van der Waals surface area contributed by atoms with E-state index in [1.165, 1.54) is 24.3 Å². The Morgan fingerprint density at radius 1 is 0.633 bits per heavy atom. The molecule has 0 saturated heterocycles. The molecule has 0 N–H and O–H groups in total. The van der Waals surface area contributed by atoms with Gasteiger partial charge in [0.25, 0.3) is 0 Å². The highest BCUT2D eigenvalue weighted by Gasteiger charge is 2.17. The Kier molecular flexibility index (Phi) is 6.58. The van der Waals surface area contributed by atoms with E-state index in [4.69, 9.17) is 0 Å². The van der Waals surface area contributed by atoms with Crippen molar-refractivity contribution in [1.29, 1.82) is 0 Å². The van der Waals surface area contributed by atoms with Gasteiger partial charge in [0.15, 0.2) is 0 Å². The van der Waals surface area contributed by atoms with Gasteiger partial charge >= 0.3 is 0 Å². The average Bonchev–Trinajstić information content (AvgIpc) is 3.35. The van der Waals surface area contributed by atoms with Crippen molar-refractivity contribution >= 4 is 46.2 Å². The third-order valence-corrected chi connectivity index (χ3v) is 8.66. The number of hydrogen-bond acceptors (Lipinski definition) is 4. The van der Waals surface area contributed by atoms with Crippen LogP contribution in [0.25, 0.3) is 32.0 Å². The first kappa shape index (κ1) is 21.1. The molecular weight excluding hydrogens is 455 g/mol. The van der Waals surface area contributed by atoms with E-state index >= 15 is 0 Å². The third-order valence-electron chi connectivity index (χ3n) is 4.33. The molecule has 0 fully saturated rings. The van der Waals surface area contributed by atoms with Crippen molar-refractivity contribution in [2.24, 2.45) is 0 Å². The fraction of sp³-hybridized carbons (Fsp3) is 0. The monoisotopic (exact) mass is 470 g/mol. The normalized spacial score (nSPS) is 10.9. The summed E-state index contributed by atoms with van der Waals surface area (Å²) in [5, 5.41) is 3.61. The summed E-state index contributed by atoms with van der Waals surface area (Å²) in [7, 11) is 0. The molecule has 2 aromatic carbocycles. The summed E-state index contributed by atoms with van der Waals surface area (Å²) in [4.78, 5) is 2.26. The lowest BCUT2D eigenvalue weighted by Gasteiger charge is -2.01. The summed E-state index contributed by atoms with van der Waals surface area (Å²) in [6.07, 6.45) is 0. The zero-order valence-corrected chi connectivity index (χ0v) is 19.0. The smallest absolute Gasteiger partial charge is 0.123 e. The fourth-order valence-electron chi connectivity index (χ4n) is 2.98. The van der Waals surface area contributed by atoms with E-state index in [-0.39, 0.29) is 11.6 Å². The van der Waals surface area contributed by atoms with Crippen LogP contribution in [0.5, 0.6) is 0 Å². The Morgan fingerprint density at radius 2 is 1.00 bits per heavy atom. The number of benzene rings is 2. The van der Waals surface area contributed by atoms with Crippen LogP contribution in [0.4, 0.5) is 8.78 Å². The second-order valence-corrected chi connectivity index (χ2v) is 10.8. The van der Waals surface area contributed by atoms with E-state index in [1.807, 2.05) is 0 Å². The number of hydrogen-bond donors (Lipinski definition) is 0. The zero-order valence-electron chi connectivity index (χ0n) is 15.7. The Bertz CT molecular complexity index is 1090. The molecule has 6 heteroatoms. The van der Waals surface area contributed by atoms with Crippen LogP contribution in [-0.4, -0.2) is 0 Å². The number of halogens is 2. The molecule has 150 valence electrons. The van der Waals surface area contributed by atoms with Crippen molar-refractivity contribution < 1.29 is 8.78 Å². The summed E-state index contributed by atoms with van der Waals surface area (Å²) < 4.78 is 29.0. The van der Waals surface area contributed by atoms with E-state index in [9.17, 15) is 8.78 Å². The van der Waals surface area contributed by atoms with Crippen molar-refractivity contribution in [3.63, 3.8) is 0 Å². The van der Waals surface area contributed by atoms with E-state index in [0.717, 1.165) is 40.4 Å². The van der Waals surface area contributed by atoms with E-state index in [2.05, 4.69) is 25.3 Å². The molecule has 0 bridgehead atoms. The molecule has 0 aliphatic rings. The molecule has 2 heterocycles. The molecule has 4 aromatic rings. The summed E-state index contributed by atoms with van der Waals surface area (Å²) in [6.45, 7) is 7.69. The Labute approximate surface area is 191 Å². The Balaban J connectivity index is 1.80. The maximum atomic E-state index is 13.4. The SMILES string of the molecule is C=CSc1sc(-c2cc(-c3ccc(F)cc3)c(SC=C)s2)cc1-c1ccc(F)cc1. The quantitative estimate of drug-likeness (QED) is 0.247. The summed E-state index contributed by atoms with van der Waals surface area (Å²) in [5.41, 5.74) is 4.07. The summed E-state index contributed by atoms with van der Waals surface area (Å²) in [5.74, 6) is -0.499. The van der Waals surface area contributed by atoms with E-state index in [0.29, 0.717) is 0 Å². The zero-order chi connectivity index (χ0) is 21.1. The van der Waals surface area contributed by atoms with Crippen molar-refractivity contribution in [2.75, 3.05) is 0 Å². The molecule has 0 atom stereocenters. The highest BCUT2D eigenvalue weighted by Crippen LogP contribution is 2.48. The number of rotatable bonds is 7. The van der Waals surface area contributed by atoms with Crippen LogP contribution in [0.15, 0.2) is 93.1 Å². The van der Waals surface area contributed by atoms with Gasteiger partial charge in [-0.2, -0.15) is 0 Å². The van der Waals surface area contributed by atoms with Gasteiger partial charge in [0.1, 0.15) is 11.6 Å². The van der Waals surface area contributed by atoms with Gasteiger partial charge in [-0.15, -0.1) is 22.7 Å². The number of thioether (sulfide) groups is 2. The maximum Gasteiger partial charge on any atom is 0.123 e. The minimum Gasteiger partial charge on any atom is -0.207 e. The van der Waals surface area contributed by atoms with Crippen molar-refractivity contribution in [2.45, 2.75) is 8.42 Å². The molecule has 0 saturated carbocycles. The lowest BCUT2D eigenvalue weighted by molar-refractivity contribution is 0.627. The van der Waals surface area contributed by atoms with Crippen LogP contribution in [0, 0.1) is 11.6 Å². The molecule has 4 rings (SSSR count). The highest BCUT2D eigenvalue weighted by atomic mass is 32.2. The molecule has 0 nitrogen and oxygen atoms in total. The standard InChI is InChI=1S/C24H16F2S4/c1-3-27-23-19(15-5-9-17(25)10-6-15)13-21(29-23)22-14-20(24(30-22)28-4-2)16-7-11-18(26)12-8-16/h3-14H,1-2H2. The van der Waals surface area contributed by atoms with Gasteiger partial charge in [-0.05, 0) is 58.3 Å². The van der Waals surface area contributed by atoms with Gasteiger partial charge in [-0.1, -0.05) is 60.9 Å². The second kappa shape index (κ2) is 9.35.